The molecule has 0 saturated heterocycles. The number of nitrogens with zero attached hydrogens (tertiary/aromatic N) is 4. The number of nitrogens with one attached hydrogen (secondary N) is 2. The van der Waals surface area contributed by atoms with Gasteiger partial charge in [-0.05, 0) is 30.7 Å². The third-order valence-corrected chi connectivity index (χ3v) is 4.26. The van der Waals surface area contributed by atoms with Crippen molar-refractivity contribution in [1.29, 1.82) is 5.41 Å². The summed E-state index contributed by atoms with van der Waals surface area (Å²) >= 11 is 0. The second-order valence-electron chi connectivity index (χ2n) is 7.57. The lowest BCUT2D eigenvalue weighted by Crippen LogP contribution is -2.38. The summed E-state index contributed by atoms with van der Waals surface area (Å²) in [5, 5.41) is 16.1. The van der Waals surface area contributed by atoms with Gasteiger partial charge in [-0.3, -0.25) is 4.79 Å². The number of anilines is 1. The van der Waals surface area contributed by atoms with Gasteiger partial charge in [0.1, 0.15) is 5.69 Å². The van der Waals surface area contributed by atoms with Crippen molar-refractivity contribution in [2.75, 3.05) is 39.5 Å². The number of rotatable bonds is 5. The van der Waals surface area contributed by atoms with Gasteiger partial charge in [-0.15, -0.1) is 5.10 Å². The minimum Gasteiger partial charge on any atom is -0.361 e. The van der Waals surface area contributed by atoms with Gasteiger partial charge in [0.15, 0.2) is 11.6 Å². The number of hydrogen-bond donors (Lipinski definition) is 2. The molecule has 0 radical (unpaired) electrons. The predicted molar refractivity (Wildman–Crippen MR) is 105 cm³/mol. The van der Waals surface area contributed by atoms with Crippen LogP contribution in [-0.4, -0.2) is 65.5 Å². The molecule has 2 aromatic heterocycles. The maximum atomic E-state index is 11.8. The molecule has 0 amide bonds. The van der Waals surface area contributed by atoms with Gasteiger partial charge in [0, 0.05) is 6.20 Å². The first kappa shape index (κ1) is 18.0. The van der Waals surface area contributed by atoms with Crippen molar-refractivity contribution in [3.05, 3.63) is 36.0 Å². The summed E-state index contributed by atoms with van der Waals surface area (Å²) in [6.07, 6.45) is 3.67. The van der Waals surface area contributed by atoms with Crippen LogP contribution in [0.1, 0.15) is 13.3 Å². The Morgan fingerprint density at radius 1 is 1.35 bits per heavy atom. The Labute approximate surface area is 153 Å². The number of aliphatic imine (C=N–C) groups is 1. The van der Waals surface area contributed by atoms with E-state index in [0.717, 1.165) is 23.1 Å². The van der Waals surface area contributed by atoms with E-state index in [9.17, 15) is 4.79 Å². The average Bonchev–Trinajstić information content (AvgIpc) is 2.89. The molecule has 0 atom stereocenters. The molecule has 0 spiro atoms. The number of hydrogen-bond acceptors (Lipinski definition) is 5. The van der Waals surface area contributed by atoms with E-state index in [2.05, 4.69) is 31.6 Å². The minimum absolute atomic E-state index is 0.0184. The maximum Gasteiger partial charge on any atom is 0.175 e. The van der Waals surface area contributed by atoms with Gasteiger partial charge in [-0.1, -0.05) is 6.07 Å². The van der Waals surface area contributed by atoms with Crippen LogP contribution in [0.15, 0.2) is 41.0 Å². The summed E-state index contributed by atoms with van der Waals surface area (Å²) in [7, 11) is 6.42. The van der Waals surface area contributed by atoms with Gasteiger partial charge in [-0.2, -0.15) is 0 Å². The number of quaternary nitrogens is 1. The van der Waals surface area contributed by atoms with Gasteiger partial charge in [-0.25, -0.2) is 9.51 Å². The monoisotopic (exact) mass is 353 g/mol. The lowest BCUT2D eigenvalue weighted by Gasteiger charge is -2.23. The fourth-order valence-electron chi connectivity index (χ4n) is 2.71. The second kappa shape index (κ2) is 6.84. The van der Waals surface area contributed by atoms with Crippen LogP contribution >= 0.6 is 0 Å². The number of aromatic nitrogens is 2. The Morgan fingerprint density at radius 3 is 2.85 bits per heavy atom. The molecule has 0 aromatic carbocycles. The lowest BCUT2D eigenvalue weighted by molar-refractivity contribution is -0.868. The van der Waals surface area contributed by atoms with Crippen molar-refractivity contribution in [2.24, 2.45) is 4.99 Å². The number of carbonyl (C=O) groups excluding carboxylic acids is 1. The second-order valence-corrected chi connectivity index (χ2v) is 7.57. The molecule has 2 aromatic rings. The van der Waals surface area contributed by atoms with Crippen LogP contribution in [-0.2, 0) is 4.79 Å². The molecular weight excluding hydrogens is 328 g/mol. The highest BCUT2D eigenvalue weighted by atomic mass is 16.1. The van der Waals surface area contributed by atoms with E-state index >= 15 is 0 Å². The fourth-order valence-corrected chi connectivity index (χ4v) is 2.71. The largest absolute Gasteiger partial charge is 0.361 e. The first-order chi connectivity index (χ1) is 12.2. The summed E-state index contributed by atoms with van der Waals surface area (Å²) in [5.74, 6) is 0.669. The molecule has 0 bridgehead atoms. The van der Waals surface area contributed by atoms with Gasteiger partial charge in [0.05, 0.1) is 57.6 Å². The summed E-state index contributed by atoms with van der Waals surface area (Å²) in [4.78, 5) is 16.5. The van der Waals surface area contributed by atoms with E-state index in [1.165, 1.54) is 0 Å². The zero-order valence-corrected chi connectivity index (χ0v) is 15.7. The number of fused-ring (bicyclic) bond motifs is 1. The first-order valence-corrected chi connectivity index (χ1v) is 8.64. The van der Waals surface area contributed by atoms with Crippen LogP contribution in [0.2, 0.25) is 0 Å². The van der Waals surface area contributed by atoms with E-state index < -0.39 is 0 Å². The molecule has 2 heterocycles. The summed E-state index contributed by atoms with van der Waals surface area (Å²) in [6.45, 7) is 3.46. The van der Waals surface area contributed by atoms with E-state index in [1.54, 1.807) is 17.5 Å². The van der Waals surface area contributed by atoms with Crippen molar-refractivity contribution < 1.29 is 9.28 Å². The number of pyridine rings is 1. The smallest absolute Gasteiger partial charge is 0.175 e. The zero-order chi connectivity index (χ0) is 18.9. The van der Waals surface area contributed by atoms with Gasteiger partial charge < -0.3 is 15.2 Å². The van der Waals surface area contributed by atoms with Gasteiger partial charge >= 0.3 is 0 Å². The summed E-state index contributed by atoms with van der Waals surface area (Å²) in [6, 6.07) is 5.80. The molecule has 26 heavy (non-hydrogen) atoms. The highest BCUT2D eigenvalue weighted by molar-refractivity contribution is 6.51. The van der Waals surface area contributed by atoms with Gasteiger partial charge in [0.2, 0.25) is 0 Å². The molecule has 0 unspecified atom stereocenters. The highest BCUT2D eigenvalue weighted by Crippen LogP contribution is 2.30. The Kier molecular flexibility index (Phi) is 4.73. The normalized spacial score (nSPS) is 17.1. The summed E-state index contributed by atoms with van der Waals surface area (Å²) < 4.78 is 2.63. The van der Waals surface area contributed by atoms with E-state index in [4.69, 9.17) is 10.4 Å². The average molecular weight is 353 g/mol. The van der Waals surface area contributed by atoms with Crippen LogP contribution in [0.3, 0.4) is 0 Å². The number of Topliss-reactive ketones (excluding diaryl/α,β-unsaturated/α-hetero) is 1. The molecule has 2 N–H and O–H groups in total. The predicted octanol–water partition coefficient (Wildman–Crippen LogP) is 2.46. The molecular formula is C19H25N6O+. The van der Waals surface area contributed by atoms with E-state index in [0.29, 0.717) is 22.8 Å². The van der Waals surface area contributed by atoms with Crippen molar-refractivity contribution in [3.8, 4) is 0 Å². The Morgan fingerprint density at radius 2 is 2.12 bits per heavy atom. The third-order valence-electron chi connectivity index (χ3n) is 4.26. The molecule has 0 aliphatic heterocycles. The van der Waals surface area contributed by atoms with Gasteiger partial charge in [0.25, 0.3) is 0 Å². The standard InChI is InChI=1S/C19H25N6O/c1-13-11-15(14(20)12-17(13)26)22-18-16-7-5-6-9-24(16)23-19(18)21-8-10-25(2,3)4/h5-7,9,11,20H,8,10,12H2,1-4H3,(H,21,23)/q+1. The van der Waals surface area contributed by atoms with E-state index in [-0.39, 0.29) is 17.9 Å². The third kappa shape index (κ3) is 3.88. The van der Waals surface area contributed by atoms with Crippen molar-refractivity contribution in [1.82, 2.24) is 9.61 Å². The fraction of sp³-hybridized carbons (Fsp3) is 0.368. The number of ketones is 1. The van der Waals surface area contributed by atoms with Crippen LogP contribution < -0.4 is 5.32 Å². The Bertz CT molecular complexity index is 929. The Hall–Kier alpha value is -2.80. The number of allylic oxidation sites excluding steroid dienone is 2. The Balaban J connectivity index is 2.01. The van der Waals surface area contributed by atoms with Crippen LogP contribution in [0.5, 0.6) is 0 Å². The van der Waals surface area contributed by atoms with Crippen LogP contribution in [0.25, 0.3) is 5.52 Å². The topological polar surface area (TPSA) is 82.6 Å². The lowest BCUT2D eigenvalue weighted by atomic mass is 9.96. The maximum absolute atomic E-state index is 11.8. The highest BCUT2D eigenvalue weighted by Gasteiger charge is 2.21. The zero-order valence-electron chi connectivity index (χ0n) is 15.7. The minimum atomic E-state index is -0.0184. The molecule has 0 fully saturated rings. The van der Waals surface area contributed by atoms with Crippen LogP contribution in [0, 0.1) is 5.41 Å². The van der Waals surface area contributed by atoms with Crippen molar-refractivity contribution >= 4 is 34.2 Å². The summed E-state index contributed by atoms with van der Waals surface area (Å²) in [5.41, 5.74) is 2.97. The molecule has 7 heteroatoms. The van der Waals surface area contributed by atoms with Crippen LogP contribution in [0.4, 0.5) is 11.5 Å². The quantitative estimate of drug-likeness (QED) is 0.810. The molecule has 3 rings (SSSR count). The molecule has 7 nitrogen and oxygen atoms in total. The molecule has 0 saturated carbocycles. The SMILES string of the molecule is CC1=CC(=Nc2c(NCC[N+](C)(C)C)nn3ccccc23)C(=N)CC1=O. The molecule has 1 aliphatic rings. The van der Waals surface area contributed by atoms with E-state index in [1.807, 2.05) is 24.4 Å². The first-order valence-electron chi connectivity index (χ1n) is 8.64. The molecule has 1 aliphatic carbocycles. The van der Waals surface area contributed by atoms with Crippen molar-refractivity contribution in [2.45, 2.75) is 13.3 Å². The number of carbonyl (C=O) groups is 1. The number of likely N-dealkylation sites (N-methyl/N-ethyl adjacent to an activating group) is 1. The van der Waals surface area contributed by atoms with Crippen molar-refractivity contribution in [3.63, 3.8) is 0 Å². The molecule has 136 valence electrons.